The highest BCUT2D eigenvalue weighted by atomic mass is 15.1. The van der Waals surface area contributed by atoms with Gasteiger partial charge in [-0.2, -0.15) is 0 Å². The fourth-order valence-electron chi connectivity index (χ4n) is 2.04. The van der Waals surface area contributed by atoms with Gasteiger partial charge in [-0.05, 0) is 40.9 Å². The fraction of sp³-hybridized carbons (Fsp3) is 0. The zero-order valence-corrected chi connectivity index (χ0v) is 11.1. The minimum atomic E-state index is 0.597. The molecule has 21 heavy (non-hydrogen) atoms. The van der Waals surface area contributed by atoms with Gasteiger partial charge < -0.3 is 0 Å². The first-order valence-corrected chi connectivity index (χ1v) is 6.40. The van der Waals surface area contributed by atoms with Gasteiger partial charge >= 0.3 is 0 Å². The number of hydrogen-bond acceptors (Lipinski definition) is 3. The molecule has 3 rings (SSSR count). The molecule has 100 valence electrons. The summed E-state index contributed by atoms with van der Waals surface area (Å²) in [5.41, 5.74) is 12.7. The maximum atomic E-state index is 8.41. The number of aromatic nitrogens is 2. The molecule has 0 saturated heterocycles. The van der Waals surface area contributed by atoms with Gasteiger partial charge in [0.25, 0.3) is 0 Å². The van der Waals surface area contributed by atoms with E-state index in [9.17, 15) is 0 Å². The zero-order chi connectivity index (χ0) is 14.5. The molecule has 1 aromatic carbocycles. The third-order valence-electron chi connectivity index (χ3n) is 3.05. The maximum Gasteiger partial charge on any atom is 0.0892 e. The Morgan fingerprint density at radius 2 is 1.62 bits per heavy atom. The van der Waals surface area contributed by atoms with Crippen LogP contribution in [0.4, 0.5) is 5.69 Å². The smallest absolute Gasteiger partial charge is 0.0892 e. The SMILES string of the molecule is [N-]=[N+]=Nc1ccc(-c2ccnc(-c3ccccn3)c2)cc1. The molecule has 0 aliphatic carbocycles. The Labute approximate surface area is 121 Å². The molecule has 5 nitrogen and oxygen atoms in total. The van der Waals surface area contributed by atoms with Crippen LogP contribution in [0.5, 0.6) is 0 Å². The predicted molar refractivity (Wildman–Crippen MR) is 81.7 cm³/mol. The molecule has 2 aromatic heterocycles. The summed E-state index contributed by atoms with van der Waals surface area (Å²) in [5.74, 6) is 0. The van der Waals surface area contributed by atoms with E-state index < -0.39 is 0 Å². The second kappa shape index (κ2) is 5.86. The molecule has 0 radical (unpaired) electrons. The van der Waals surface area contributed by atoms with Crippen LogP contribution in [0, 0.1) is 0 Å². The van der Waals surface area contributed by atoms with Gasteiger partial charge in [0.05, 0.1) is 11.4 Å². The van der Waals surface area contributed by atoms with E-state index >= 15 is 0 Å². The van der Waals surface area contributed by atoms with Gasteiger partial charge in [-0.1, -0.05) is 35.4 Å². The molecule has 0 saturated carbocycles. The standard InChI is InChI=1S/C16H11N5/c17-21-20-14-6-4-12(5-7-14)13-8-10-19-16(11-13)15-3-1-2-9-18-15/h1-11H. The molecule has 0 unspecified atom stereocenters. The largest absolute Gasteiger partial charge is 0.255 e. The monoisotopic (exact) mass is 273 g/mol. The molecule has 0 aliphatic heterocycles. The van der Waals surface area contributed by atoms with Crippen molar-refractivity contribution in [1.29, 1.82) is 0 Å². The number of nitrogens with zero attached hydrogens (tertiary/aromatic N) is 5. The number of rotatable bonds is 3. The van der Waals surface area contributed by atoms with E-state index in [0.717, 1.165) is 22.5 Å². The Balaban J connectivity index is 1.98. The van der Waals surface area contributed by atoms with E-state index in [1.54, 1.807) is 24.5 Å². The molecule has 0 atom stereocenters. The Kier molecular flexibility index (Phi) is 3.58. The summed E-state index contributed by atoms with van der Waals surface area (Å²) >= 11 is 0. The van der Waals surface area contributed by atoms with Crippen molar-refractivity contribution in [2.75, 3.05) is 0 Å². The normalized spacial score (nSPS) is 9.90. The van der Waals surface area contributed by atoms with E-state index in [2.05, 4.69) is 20.0 Å². The minimum absolute atomic E-state index is 0.597. The number of benzene rings is 1. The Morgan fingerprint density at radius 1 is 0.810 bits per heavy atom. The summed E-state index contributed by atoms with van der Waals surface area (Å²) < 4.78 is 0. The van der Waals surface area contributed by atoms with Crippen molar-refractivity contribution in [1.82, 2.24) is 9.97 Å². The minimum Gasteiger partial charge on any atom is -0.255 e. The van der Waals surface area contributed by atoms with Crippen molar-refractivity contribution >= 4 is 5.69 Å². The molecule has 0 aliphatic rings. The summed E-state index contributed by atoms with van der Waals surface area (Å²) in [6.07, 6.45) is 3.51. The molecule has 2 heterocycles. The van der Waals surface area contributed by atoms with Gasteiger partial charge in [0.2, 0.25) is 0 Å². The molecular formula is C16H11N5. The van der Waals surface area contributed by atoms with E-state index in [0.29, 0.717) is 5.69 Å². The van der Waals surface area contributed by atoms with Crippen molar-refractivity contribution < 1.29 is 0 Å². The van der Waals surface area contributed by atoms with Gasteiger partial charge in [-0.15, -0.1) is 0 Å². The average Bonchev–Trinajstić information content (AvgIpc) is 2.57. The Morgan fingerprint density at radius 3 is 2.33 bits per heavy atom. The first kappa shape index (κ1) is 12.8. The van der Waals surface area contributed by atoms with Crippen LogP contribution in [0.2, 0.25) is 0 Å². The van der Waals surface area contributed by atoms with Crippen LogP contribution in [0.1, 0.15) is 0 Å². The molecule has 0 fully saturated rings. The molecule has 5 heteroatoms. The van der Waals surface area contributed by atoms with Crippen LogP contribution in [-0.2, 0) is 0 Å². The lowest BCUT2D eigenvalue weighted by atomic mass is 10.0. The fourth-order valence-corrected chi connectivity index (χ4v) is 2.04. The first-order valence-electron chi connectivity index (χ1n) is 6.40. The summed E-state index contributed by atoms with van der Waals surface area (Å²) in [4.78, 5) is 11.4. The molecule has 0 bridgehead atoms. The highest BCUT2D eigenvalue weighted by molar-refractivity contribution is 5.69. The highest BCUT2D eigenvalue weighted by Gasteiger charge is 2.03. The second-order valence-electron chi connectivity index (χ2n) is 4.38. The van der Waals surface area contributed by atoms with E-state index in [4.69, 9.17) is 5.53 Å². The Bertz CT molecular complexity index is 790. The highest BCUT2D eigenvalue weighted by Crippen LogP contribution is 2.25. The van der Waals surface area contributed by atoms with Crippen LogP contribution in [0.15, 0.2) is 72.1 Å². The maximum absolute atomic E-state index is 8.41. The topological polar surface area (TPSA) is 74.5 Å². The lowest BCUT2D eigenvalue weighted by molar-refractivity contribution is 1.25. The first-order chi connectivity index (χ1) is 10.4. The number of azide groups is 1. The summed E-state index contributed by atoms with van der Waals surface area (Å²) in [5, 5.41) is 3.56. The molecule has 0 amide bonds. The van der Waals surface area contributed by atoms with E-state index in [1.807, 2.05) is 42.5 Å². The van der Waals surface area contributed by atoms with Crippen molar-refractivity contribution in [3.05, 3.63) is 77.4 Å². The van der Waals surface area contributed by atoms with Gasteiger partial charge in [0.15, 0.2) is 0 Å². The van der Waals surface area contributed by atoms with Crippen LogP contribution < -0.4 is 0 Å². The van der Waals surface area contributed by atoms with E-state index in [1.165, 1.54) is 0 Å². The van der Waals surface area contributed by atoms with Gasteiger partial charge in [0.1, 0.15) is 0 Å². The summed E-state index contributed by atoms with van der Waals surface area (Å²) in [6, 6.07) is 17.1. The summed E-state index contributed by atoms with van der Waals surface area (Å²) in [6.45, 7) is 0. The molecule has 0 spiro atoms. The molecule has 0 N–H and O–H groups in total. The van der Waals surface area contributed by atoms with Crippen LogP contribution >= 0.6 is 0 Å². The van der Waals surface area contributed by atoms with Gasteiger partial charge in [-0.25, -0.2) is 0 Å². The average molecular weight is 273 g/mol. The zero-order valence-electron chi connectivity index (χ0n) is 11.1. The number of hydrogen-bond donors (Lipinski definition) is 0. The lowest BCUT2D eigenvalue weighted by Crippen LogP contribution is -1.87. The van der Waals surface area contributed by atoms with Crippen LogP contribution in [0.25, 0.3) is 33.0 Å². The summed E-state index contributed by atoms with van der Waals surface area (Å²) in [7, 11) is 0. The third-order valence-corrected chi connectivity index (χ3v) is 3.05. The number of pyridine rings is 2. The van der Waals surface area contributed by atoms with Crippen LogP contribution in [0.3, 0.4) is 0 Å². The quantitative estimate of drug-likeness (QED) is 0.392. The van der Waals surface area contributed by atoms with Crippen molar-refractivity contribution in [2.24, 2.45) is 5.11 Å². The van der Waals surface area contributed by atoms with Crippen LogP contribution in [-0.4, -0.2) is 9.97 Å². The van der Waals surface area contributed by atoms with Gasteiger partial charge in [-0.3, -0.25) is 9.97 Å². The molecule has 3 aromatic rings. The lowest BCUT2D eigenvalue weighted by Gasteiger charge is -2.05. The van der Waals surface area contributed by atoms with Crippen molar-refractivity contribution in [2.45, 2.75) is 0 Å². The predicted octanol–water partition coefficient (Wildman–Crippen LogP) is 4.75. The van der Waals surface area contributed by atoms with Gasteiger partial charge in [0, 0.05) is 23.0 Å². The molecular weight excluding hydrogens is 262 g/mol. The van der Waals surface area contributed by atoms with Crippen molar-refractivity contribution in [3.8, 4) is 22.5 Å². The van der Waals surface area contributed by atoms with E-state index in [-0.39, 0.29) is 0 Å². The second-order valence-corrected chi connectivity index (χ2v) is 4.38. The third kappa shape index (κ3) is 2.88. The Hall–Kier alpha value is -3.17. The van der Waals surface area contributed by atoms with Crippen molar-refractivity contribution in [3.63, 3.8) is 0 Å².